The zero-order chi connectivity index (χ0) is 20.2. The SMILES string of the molecule is CCC(CC)N(CCOC)Cc1ccc(F)c(B2OC(C)(C)C(C)(C)O2)c1. The first-order valence-corrected chi connectivity index (χ1v) is 10.0. The van der Waals surface area contributed by atoms with Gasteiger partial charge in [0.2, 0.25) is 0 Å². The molecule has 0 N–H and O–H groups in total. The van der Waals surface area contributed by atoms with Crippen LogP contribution in [0.1, 0.15) is 59.9 Å². The first-order chi connectivity index (χ1) is 12.6. The normalized spacial score (nSPS) is 18.7. The van der Waals surface area contributed by atoms with Crippen molar-refractivity contribution in [2.45, 2.75) is 78.2 Å². The summed E-state index contributed by atoms with van der Waals surface area (Å²) < 4.78 is 31.9. The lowest BCUT2D eigenvalue weighted by molar-refractivity contribution is 0.00578. The van der Waals surface area contributed by atoms with Gasteiger partial charge in [-0.15, -0.1) is 0 Å². The monoisotopic (exact) mass is 379 g/mol. The van der Waals surface area contributed by atoms with Gasteiger partial charge in [0, 0.05) is 31.7 Å². The lowest BCUT2D eigenvalue weighted by atomic mass is 9.78. The third kappa shape index (κ3) is 5.11. The molecule has 1 aliphatic rings. The molecule has 6 heteroatoms. The Bertz CT molecular complexity index is 603. The first kappa shape index (κ1) is 22.3. The van der Waals surface area contributed by atoms with E-state index in [1.54, 1.807) is 7.11 Å². The van der Waals surface area contributed by atoms with Crippen LogP contribution in [0.2, 0.25) is 0 Å². The molecule has 1 heterocycles. The van der Waals surface area contributed by atoms with E-state index in [9.17, 15) is 4.39 Å². The predicted octanol–water partition coefficient (Wildman–Crippen LogP) is 3.76. The van der Waals surface area contributed by atoms with E-state index < -0.39 is 18.3 Å². The quantitative estimate of drug-likeness (QED) is 0.612. The number of halogens is 1. The van der Waals surface area contributed by atoms with Crippen molar-refractivity contribution in [1.29, 1.82) is 0 Å². The molecule has 152 valence electrons. The molecule has 27 heavy (non-hydrogen) atoms. The smallest absolute Gasteiger partial charge is 0.399 e. The minimum Gasteiger partial charge on any atom is -0.399 e. The third-order valence-electron chi connectivity index (χ3n) is 5.99. The number of rotatable bonds is 9. The Labute approximate surface area is 164 Å². The zero-order valence-electron chi connectivity index (χ0n) is 18.0. The molecule has 1 fully saturated rings. The topological polar surface area (TPSA) is 30.9 Å². The fourth-order valence-corrected chi connectivity index (χ4v) is 3.48. The van der Waals surface area contributed by atoms with Crippen molar-refractivity contribution < 1.29 is 18.4 Å². The molecular weight excluding hydrogens is 344 g/mol. The fourth-order valence-electron chi connectivity index (χ4n) is 3.48. The zero-order valence-corrected chi connectivity index (χ0v) is 18.0. The molecule has 4 nitrogen and oxygen atoms in total. The molecule has 0 unspecified atom stereocenters. The van der Waals surface area contributed by atoms with Gasteiger partial charge in [0.25, 0.3) is 0 Å². The van der Waals surface area contributed by atoms with E-state index in [1.807, 2.05) is 39.8 Å². The number of benzene rings is 1. The molecule has 0 amide bonds. The Balaban J connectivity index is 2.23. The average molecular weight is 379 g/mol. The Hall–Kier alpha value is -0.945. The van der Waals surface area contributed by atoms with Crippen molar-refractivity contribution in [3.05, 3.63) is 29.6 Å². The van der Waals surface area contributed by atoms with Gasteiger partial charge in [-0.05, 0) is 52.2 Å². The Kier molecular flexibility index (Phi) is 7.48. The molecular formula is C21H35BFNO3. The van der Waals surface area contributed by atoms with Gasteiger partial charge in [-0.2, -0.15) is 0 Å². The lowest BCUT2D eigenvalue weighted by Gasteiger charge is -2.32. The molecule has 0 saturated carbocycles. The minimum absolute atomic E-state index is 0.289. The van der Waals surface area contributed by atoms with E-state index in [4.69, 9.17) is 14.0 Å². The summed E-state index contributed by atoms with van der Waals surface area (Å²) >= 11 is 0. The molecule has 0 aliphatic carbocycles. The van der Waals surface area contributed by atoms with Gasteiger partial charge >= 0.3 is 7.12 Å². The van der Waals surface area contributed by atoms with Crippen LogP contribution in [0.3, 0.4) is 0 Å². The van der Waals surface area contributed by atoms with Gasteiger partial charge in [-0.3, -0.25) is 4.90 Å². The number of nitrogens with zero attached hydrogens (tertiary/aromatic N) is 1. The molecule has 0 spiro atoms. The third-order valence-corrected chi connectivity index (χ3v) is 5.99. The second kappa shape index (κ2) is 9.04. The highest BCUT2D eigenvalue weighted by atomic mass is 19.1. The highest BCUT2D eigenvalue weighted by Gasteiger charge is 2.52. The summed E-state index contributed by atoms with van der Waals surface area (Å²) in [6.45, 7) is 14.6. The van der Waals surface area contributed by atoms with Crippen LogP contribution >= 0.6 is 0 Å². The second-order valence-electron chi connectivity index (χ2n) is 8.38. The van der Waals surface area contributed by atoms with Crippen LogP contribution in [0.5, 0.6) is 0 Å². The van der Waals surface area contributed by atoms with Gasteiger partial charge in [-0.25, -0.2) is 4.39 Å². The van der Waals surface area contributed by atoms with E-state index in [0.29, 0.717) is 18.1 Å². The molecule has 2 rings (SSSR count). The van der Waals surface area contributed by atoms with Crippen molar-refractivity contribution in [2.24, 2.45) is 0 Å². The van der Waals surface area contributed by atoms with Crippen LogP contribution in [0.15, 0.2) is 18.2 Å². The average Bonchev–Trinajstić information content (AvgIpc) is 2.82. The van der Waals surface area contributed by atoms with Crippen molar-refractivity contribution in [3.8, 4) is 0 Å². The Morgan fingerprint density at radius 2 is 1.70 bits per heavy atom. The van der Waals surface area contributed by atoms with Gasteiger partial charge in [-0.1, -0.05) is 26.0 Å². The highest BCUT2D eigenvalue weighted by molar-refractivity contribution is 6.62. The minimum atomic E-state index is -0.685. The number of methoxy groups -OCH3 is 1. The molecule has 0 aromatic heterocycles. The van der Waals surface area contributed by atoms with Crippen LogP contribution < -0.4 is 5.46 Å². The van der Waals surface area contributed by atoms with Gasteiger partial charge in [0.05, 0.1) is 17.8 Å². The summed E-state index contributed by atoms with van der Waals surface area (Å²) in [6.07, 6.45) is 2.15. The van der Waals surface area contributed by atoms with E-state index in [-0.39, 0.29) is 5.82 Å². The molecule has 0 bridgehead atoms. The van der Waals surface area contributed by atoms with Crippen LogP contribution in [0, 0.1) is 5.82 Å². The van der Waals surface area contributed by atoms with Gasteiger partial charge < -0.3 is 14.0 Å². The second-order valence-corrected chi connectivity index (χ2v) is 8.38. The van der Waals surface area contributed by atoms with Crippen molar-refractivity contribution >= 4 is 12.6 Å². The standard InChI is InChI=1S/C21H35BFNO3/c1-8-17(9-2)24(12-13-25-7)15-16-10-11-19(23)18(14-16)22-26-20(3,4)21(5,6)27-22/h10-11,14,17H,8-9,12-13,15H2,1-7H3. The van der Waals surface area contributed by atoms with E-state index in [1.165, 1.54) is 6.07 Å². The maximum Gasteiger partial charge on any atom is 0.497 e. The van der Waals surface area contributed by atoms with Crippen molar-refractivity contribution in [2.75, 3.05) is 20.3 Å². The summed E-state index contributed by atoms with van der Waals surface area (Å²) in [4.78, 5) is 2.41. The molecule has 0 radical (unpaired) electrons. The molecule has 1 aliphatic heterocycles. The van der Waals surface area contributed by atoms with Crippen molar-refractivity contribution in [1.82, 2.24) is 4.90 Å². The maximum atomic E-state index is 14.6. The maximum absolute atomic E-state index is 14.6. The molecule has 1 saturated heterocycles. The first-order valence-electron chi connectivity index (χ1n) is 10.0. The van der Waals surface area contributed by atoms with Gasteiger partial charge in [0.1, 0.15) is 5.82 Å². The highest BCUT2D eigenvalue weighted by Crippen LogP contribution is 2.36. The number of ether oxygens (including phenoxy) is 1. The largest absolute Gasteiger partial charge is 0.497 e. The fraction of sp³-hybridized carbons (Fsp3) is 0.714. The summed E-state index contributed by atoms with van der Waals surface area (Å²) in [6, 6.07) is 5.74. The summed E-state index contributed by atoms with van der Waals surface area (Å²) in [7, 11) is 1.04. The summed E-state index contributed by atoms with van der Waals surface area (Å²) in [5.41, 5.74) is 0.562. The van der Waals surface area contributed by atoms with E-state index in [2.05, 4.69) is 18.7 Å². The summed E-state index contributed by atoms with van der Waals surface area (Å²) in [5.74, 6) is -0.289. The van der Waals surface area contributed by atoms with Gasteiger partial charge in [0.15, 0.2) is 0 Å². The predicted molar refractivity (Wildman–Crippen MR) is 109 cm³/mol. The summed E-state index contributed by atoms with van der Waals surface area (Å²) in [5, 5.41) is 0. The molecule has 0 atom stereocenters. The van der Waals surface area contributed by atoms with Crippen molar-refractivity contribution in [3.63, 3.8) is 0 Å². The number of hydrogen-bond donors (Lipinski definition) is 0. The lowest BCUT2D eigenvalue weighted by Crippen LogP contribution is -2.41. The molecule has 1 aromatic rings. The molecule has 1 aromatic carbocycles. The number of hydrogen-bond acceptors (Lipinski definition) is 4. The van der Waals surface area contributed by atoms with Crippen LogP contribution in [-0.4, -0.2) is 49.5 Å². The van der Waals surface area contributed by atoms with Crippen LogP contribution in [0.25, 0.3) is 0 Å². The van der Waals surface area contributed by atoms with Crippen LogP contribution in [-0.2, 0) is 20.6 Å². The van der Waals surface area contributed by atoms with Crippen LogP contribution in [0.4, 0.5) is 4.39 Å². The Morgan fingerprint density at radius 3 is 2.22 bits per heavy atom. The Morgan fingerprint density at radius 1 is 1.11 bits per heavy atom. The van der Waals surface area contributed by atoms with E-state index >= 15 is 0 Å². The van der Waals surface area contributed by atoms with E-state index in [0.717, 1.165) is 31.5 Å².